The van der Waals surface area contributed by atoms with Crippen LogP contribution < -0.4 is 4.74 Å². The van der Waals surface area contributed by atoms with E-state index in [1.807, 2.05) is 0 Å². The van der Waals surface area contributed by atoms with Crippen LogP contribution in [0.3, 0.4) is 0 Å². The van der Waals surface area contributed by atoms with E-state index in [-0.39, 0.29) is 18.6 Å². The molecule has 0 spiro atoms. The van der Waals surface area contributed by atoms with Crippen molar-refractivity contribution in [2.75, 3.05) is 13.6 Å². The van der Waals surface area contributed by atoms with Crippen molar-refractivity contribution in [3.05, 3.63) is 17.6 Å². The zero-order chi connectivity index (χ0) is 24.0. The van der Waals surface area contributed by atoms with Gasteiger partial charge in [-0.1, -0.05) is 18.6 Å². The number of ether oxygens (including phenoxy) is 2. The van der Waals surface area contributed by atoms with Gasteiger partial charge in [0.15, 0.2) is 0 Å². The van der Waals surface area contributed by atoms with E-state index >= 15 is 0 Å². The van der Waals surface area contributed by atoms with Crippen LogP contribution in [0.4, 0.5) is 4.79 Å². The minimum Gasteiger partial charge on any atom is -0.481 e. The van der Waals surface area contributed by atoms with Gasteiger partial charge in [-0.2, -0.15) is 0 Å². The molecule has 1 amide bonds. The summed E-state index contributed by atoms with van der Waals surface area (Å²) in [6.07, 6.45) is 5.57. The monoisotopic (exact) mass is 460 g/mol. The number of rotatable bonds is 9. The van der Waals surface area contributed by atoms with Crippen LogP contribution in [-0.4, -0.2) is 66.7 Å². The molecule has 0 bridgehead atoms. The summed E-state index contributed by atoms with van der Waals surface area (Å²) >= 11 is 0. The second kappa shape index (κ2) is 11.1. The lowest BCUT2D eigenvalue weighted by atomic mass is 9.87. The van der Waals surface area contributed by atoms with Crippen molar-refractivity contribution in [2.24, 2.45) is 13.0 Å². The number of carboxylic acid groups (broad SMARTS) is 1. The second-order valence-corrected chi connectivity index (χ2v) is 8.43. The van der Waals surface area contributed by atoms with Crippen molar-refractivity contribution in [2.45, 2.75) is 65.1 Å². The fourth-order valence-electron chi connectivity index (χ4n) is 3.80. The highest BCUT2D eigenvalue weighted by molar-refractivity contribution is 5.70. The number of carbonyl (C=O) groups excluding carboxylic acids is 1. The molecule has 1 N–H and O–H groups in total. The molecule has 3 rings (SSSR count). The van der Waals surface area contributed by atoms with Gasteiger partial charge in [0.25, 0.3) is 0 Å². The van der Waals surface area contributed by atoms with E-state index in [4.69, 9.17) is 9.47 Å². The van der Waals surface area contributed by atoms with E-state index in [0.29, 0.717) is 48.0 Å². The molecule has 180 valence electrons. The third-order valence-corrected chi connectivity index (χ3v) is 5.83. The van der Waals surface area contributed by atoms with Gasteiger partial charge in [-0.25, -0.2) is 19.4 Å². The Kier molecular flexibility index (Phi) is 8.18. The lowest BCUT2D eigenvalue weighted by Crippen LogP contribution is -2.30. The fraction of sp³-hybridized carbons (Fsp3) is 0.636. The highest BCUT2D eigenvalue weighted by Gasteiger charge is 2.29. The molecule has 0 aliphatic heterocycles. The summed E-state index contributed by atoms with van der Waals surface area (Å²) < 4.78 is 13.0. The van der Waals surface area contributed by atoms with Gasteiger partial charge < -0.3 is 19.5 Å². The van der Waals surface area contributed by atoms with Crippen LogP contribution >= 0.6 is 0 Å². The van der Waals surface area contributed by atoms with Crippen LogP contribution in [0.5, 0.6) is 5.88 Å². The first-order valence-corrected chi connectivity index (χ1v) is 11.3. The lowest BCUT2D eigenvalue weighted by Gasteiger charge is -2.27. The van der Waals surface area contributed by atoms with Crippen molar-refractivity contribution in [3.8, 4) is 17.3 Å². The Balaban J connectivity index is 1.68. The van der Waals surface area contributed by atoms with E-state index in [1.165, 1.54) is 0 Å². The Morgan fingerprint density at radius 3 is 2.82 bits per heavy atom. The Morgan fingerprint density at radius 1 is 1.33 bits per heavy atom. The molecule has 2 atom stereocenters. The summed E-state index contributed by atoms with van der Waals surface area (Å²) in [6.45, 7) is 4.48. The number of aliphatic carboxylic acids is 1. The summed E-state index contributed by atoms with van der Waals surface area (Å²) in [5, 5.41) is 17.5. The van der Waals surface area contributed by atoms with Crippen molar-refractivity contribution in [3.63, 3.8) is 0 Å². The maximum atomic E-state index is 12.2. The van der Waals surface area contributed by atoms with Gasteiger partial charge >= 0.3 is 12.1 Å². The normalized spacial score (nSPS) is 18.1. The van der Waals surface area contributed by atoms with E-state index in [2.05, 4.69) is 27.2 Å². The summed E-state index contributed by atoms with van der Waals surface area (Å²) in [5.41, 5.74) is 2.14. The third kappa shape index (κ3) is 6.17. The molecule has 1 saturated carbocycles. The number of nitrogens with zero attached hydrogens (tertiary/aromatic N) is 6. The van der Waals surface area contributed by atoms with Gasteiger partial charge in [-0.3, -0.25) is 4.79 Å². The molecule has 2 aromatic rings. The largest absolute Gasteiger partial charge is 0.481 e. The van der Waals surface area contributed by atoms with E-state index < -0.39 is 12.1 Å². The lowest BCUT2D eigenvalue weighted by molar-refractivity contribution is -0.143. The number of carbonyl (C=O) groups is 2. The van der Waals surface area contributed by atoms with Crippen LogP contribution in [0, 0.1) is 12.8 Å². The quantitative estimate of drug-likeness (QED) is 0.599. The minimum atomic E-state index is -0.783. The van der Waals surface area contributed by atoms with Gasteiger partial charge in [0.1, 0.15) is 35.5 Å². The van der Waals surface area contributed by atoms with Gasteiger partial charge in [0, 0.05) is 20.6 Å². The number of hydrogen-bond acceptors (Lipinski definition) is 8. The van der Waals surface area contributed by atoms with E-state index in [9.17, 15) is 14.7 Å². The molecule has 11 heteroatoms. The number of carboxylic acids is 1. The fourth-order valence-corrected chi connectivity index (χ4v) is 3.80. The number of hydrogen-bond donors (Lipinski definition) is 1. The van der Waals surface area contributed by atoms with Crippen LogP contribution in [-0.2, 0) is 23.2 Å². The average Bonchev–Trinajstić information content (AvgIpc) is 3.17. The molecule has 33 heavy (non-hydrogen) atoms. The van der Waals surface area contributed by atoms with E-state index in [0.717, 1.165) is 25.7 Å². The molecule has 2 aromatic heterocycles. The first-order chi connectivity index (χ1) is 15.8. The second-order valence-electron chi connectivity index (χ2n) is 8.43. The van der Waals surface area contributed by atoms with Crippen LogP contribution in [0.15, 0.2) is 6.20 Å². The summed E-state index contributed by atoms with van der Waals surface area (Å²) in [6, 6.07) is 0. The molecule has 0 unspecified atom stereocenters. The Morgan fingerprint density at radius 2 is 2.12 bits per heavy atom. The van der Waals surface area contributed by atoms with Crippen molar-refractivity contribution in [1.29, 1.82) is 0 Å². The first kappa shape index (κ1) is 24.4. The molecular weight excluding hydrogens is 428 g/mol. The molecule has 0 aromatic carbocycles. The smallest absolute Gasteiger partial charge is 0.409 e. The summed E-state index contributed by atoms with van der Waals surface area (Å²) in [7, 11) is 3.43. The van der Waals surface area contributed by atoms with Crippen LogP contribution in [0.2, 0.25) is 0 Å². The van der Waals surface area contributed by atoms with Crippen molar-refractivity contribution in [1.82, 2.24) is 29.9 Å². The highest BCUT2D eigenvalue weighted by atomic mass is 16.6. The summed E-state index contributed by atoms with van der Waals surface area (Å²) in [4.78, 5) is 34.0. The van der Waals surface area contributed by atoms with Gasteiger partial charge in [0.05, 0.1) is 12.1 Å². The molecule has 1 fully saturated rings. The zero-order valence-electron chi connectivity index (χ0n) is 19.7. The molecule has 1 aliphatic carbocycles. The maximum absolute atomic E-state index is 12.2. The van der Waals surface area contributed by atoms with Gasteiger partial charge in [-0.15, -0.1) is 5.10 Å². The summed E-state index contributed by atoms with van der Waals surface area (Å²) in [5.74, 6) is -0.791. The standard InChI is InChI=1S/C22H32N6O5/c1-5-6-10-27(3)22(31)32-13-18-19(25-26-28(18)4)17-12-23-20(14(2)24-17)33-16-9-7-8-15(11-16)21(29)30/h12,15-16H,5-11,13H2,1-4H3,(H,29,30)/t15-,16-/m0/s1. The van der Waals surface area contributed by atoms with Crippen LogP contribution in [0.25, 0.3) is 11.4 Å². The number of aryl methyl sites for hydroxylation is 2. The SMILES string of the molecule is CCCCN(C)C(=O)OCc1c(-c2cnc(O[C@H]3CCC[C@H](C(=O)O)C3)c(C)n2)nnn1C. The Bertz CT molecular complexity index is 978. The zero-order valence-corrected chi connectivity index (χ0v) is 19.7. The number of unbranched alkanes of at least 4 members (excludes halogenated alkanes) is 1. The molecular formula is C22H32N6O5. The Labute approximate surface area is 193 Å². The van der Waals surface area contributed by atoms with E-state index in [1.54, 1.807) is 36.8 Å². The molecule has 0 saturated heterocycles. The maximum Gasteiger partial charge on any atom is 0.409 e. The third-order valence-electron chi connectivity index (χ3n) is 5.83. The first-order valence-electron chi connectivity index (χ1n) is 11.3. The van der Waals surface area contributed by atoms with Crippen molar-refractivity contribution >= 4 is 12.1 Å². The van der Waals surface area contributed by atoms with Gasteiger partial charge in [0.2, 0.25) is 5.88 Å². The number of aromatic nitrogens is 5. The number of amides is 1. The molecule has 0 radical (unpaired) electrons. The highest BCUT2D eigenvalue weighted by Crippen LogP contribution is 2.29. The molecule has 2 heterocycles. The predicted octanol–water partition coefficient (Wildman–Crippen LogP) is 2.97. The van der Waals surface area contributed by atoms with Crippen LogP contribution in [0.1, 0.15) is 56.8 Å². The predicted molar refractivity (Wildman–Crippen MR) is 118 cm³/mol. The average molecular weight is 461 g/mol. The van der Waals surface area contributed by atoms with Gasteiger partial charge in [-0.05, 0) is 39.0 Å². The molecule has 11 nitrogen and oxygen atoms in total. The van der Waals surface area contributed by atoms with Crippen molar-refractivity contribution < 1.29 is 24.2 Å². The topological polar surface area (TPSA) is 133 Å². The Hall–Kier alpha value is -3.24. The minimum absolute atomic E-state index is 0.00572. The molecule has 1 aliphatic rings.